The molecule has 0 aliphatic heterocycles. The fraction of sp³-hybridized carbons (Fsp3) is 0.875. The molecule has 1 unspecified atom stereocenters. The van der Waals surface area contributed by atoms with Crippen molar-refractivity contribution in [1.82, 2.24) is 0 Å². The summed E-state index contributed by atoms with van der Waals surface area (Å²) in [6.45, 7) is 4.00. The van der Waals surface area contributed by atoms with Gasteiger partial charge in [0.05, 0.1) is 5.92 Å². The number of hydrogen-bond acceptors (Lipinski definition) is 1. The predicted molar refractivity (Wildman–Crippen MR) is 40.9 cm³/mol. The van der Waals surface area contributed by atoms with Gasteiger partial charge in [0.2, 0.25) is 0 Å². The van der Waals surface area contributed by atoms with Crippen molar-refractivity contribution < 1.29 is 51.6 Å². The van der Waals surface area contributed by atoms with Crippen LogP contribution in [0.25, 0.3) is 0 Å². The van der Waals surface area contributed by atoms with Crippen LogP contribution in [-0.4, -0.2) is 11.1 Å². The van der Waals surface area contributed by atoms with Crippen molar-refractivity contribution >= 4 is 5.97 Å². The molecule has 0 aliphatic carbocycles. The van der Waals surface area contributed by atoms with Crippen molar-refractivity contribution in [3.63, 3.8) is 0 Å². The number of carboxylic acids is 1. The smallest absolute Gasteiger partial charge is 0.306 e. The SMILES string of the molecule is CCCCC(CC)C(=O)O.[Ce]. The topological polar surface area (TPSA) is 37.3 Å². The largest absolute Gasteiger partial charge is 0.481 e. The number of unbranched alkanes of at least 4 members (excludes halogenated alkanes) is 1. The van der Waals surface area contributed by atoms with Crippen LogP contribution in [0.15, 0.2) is 0 Å². The van der Waals surface area contributed by atoms with Gasteiger partial charge in [0.25, 0.3) is 0 Å². The third kappa shape index (κ3) is 7.22. The Hall–Kier alpha value is 0.847. The monoisotopic (exact) mass is 284 g/mol. The number of rotatable bonds is 5. The molecule has 1 atom stereocenters. The molecule has 0 aromatic rings. The molecule has 0 radical (unpaired) electrons. The van der Waals surface area contributed by atoms with E-state index in [-0.39, 0.29) is 47.7 Å². The number of hydrogen-bond donors (Lipinski definition) is 1. The first-order chi connectivity index (χ1) is 4.72. The van der Waals surface area contributed by atoms with Crippen LogP contribution in [0.4, 0.5) is 0 Å². The van der Waals surface area contributed by atoms with Gasteiger partial charge in [-0.25, -0.2) is 0 Å². The second kappa shape index (κ2) is 8.94. The third-order valence-corrected chi connectivity index (χ3v) is 1.75. The van der Waals surface area contributed by atoms with Crippen LogP contribution in [-0.2, 0) is 4.79 Å². The molecule has 64 valence electrons. The Morgan fingerprint density at radius 2 is 2.00 bits per heavy atom. The quantitative estimate of drug-likeness (QED) is 0.841. The second-order valence-corrected chi connectivity index (χ2v) is 2.59. The van der Waals surface area contributed by atoms with Crippen molar-refractivity contribution in [2.45, 2.75) is 39.5 Å². The maximum Gasteiger partial charge on any atom is 0.306 e. The Bertz CT molecular complexity index is 104. The minimum atomic E-state index is -0.643. The van der Waals surface area contributed by atoms with Crippen LogP contribution in [0.3, 0.4) is 0 Å². The van der Waals surface area contributed by atoms with Crippen molar-refractivity contribution in [1.29, 1.82) is 0 Å². The van der Waals surface area contributed by atoms with Crippen molar-refractivity contribution in [2.75, 3.05) is 0 Å². The Labute approximate surface area is 102 Å². The summed E-state index contributed by atoms with van der Waals surface area (Å²) in [5, 5.41) is 8.60. The molecule has 2 nitrogen and oxygen atoms in total. The number of carbonyl (C=O) groups is 1. The summed E-state index contributed by atoms with van der Waals surface area (Å²) in [7, 11) is 0. The van der Waals surface area contributed by atoms with Gasteiger partial charge >= 0.3 is 5.97 Å². The van der Waals surface area contributed by atoms with Crippen LogP contribution in [0.5, 0.6) is 0 Å². The van der Waals surface area contributed by atoms with Crippen molar-refractivity contribution in [3.8, 4) is 0 Å². The maximum atomic E-state index is 10.4. The van der Waals surface area contributed by atoms with Gasteiger partial charge in [0.1, 0.15) is 0 Å². The van der Waals surface area contributed by atoms with Gasteiger partial charge in [-0.2, -0.15) is 0 Å². The minimum absolute atomic E-state index is 0. The van der Waals surface area contributed by atoms with E-state index in [4.69, 9.17) is 5.11 Å². The first-order valence-electron chi connectivity index (χ1n) is 3.95. The van der Waals surface area contributed by atoms with Crippen molar-refractivity contribution in [3.05, 3.63) is 0 Å². The van der Waals surface area contributed by atoms with Gasteiger partial charge in [-0.15, -0.1) is 0 Å². The Morgan fingerprint density at radius 1 is 1.45 bits per heavy atom. The molecule has 0 aliphatic rings. The molecule has 0 aromatic carbocycles. The summed E-state index contributed by atoms with van der Waals surface area (Å²) in [5.41, 5.74) is 0. The zero-order chi connectivity index (χ0) is 7.98. The second-order valence-electron chi connectivity index (χ2n) is 2.59. The Kier molecular flexibility index (Phi) is 11.7. The summed E-state index contributed by atoms with van der Waals surface area (Å²) >= 11 is 0. The zero-order valence-electron chi connectivity index (χ0n) is 7.26. The van der Waals surface area contributed by atoms with E-state index in [1.807, 2.05) is 6.92 Å². The Balaban J connectivity index is 0. The standard InChI is InChI=1S/C8H16O2.Ce/c1-3-5-6-7(4-2)8(9)10;/h7H,3-6H2,1-2H3,(H,9,10);. The van der Waals surface area contributed by atoms with E-state index in [2.05, 4.69) is 6.92 Å². The van der Waals surface area contributed by atoms with E-state index in [0.717, 1.165) is 25.7 Å². The van der Waals surface area contributed by atoms with Gasteiger partial charge in [0, 0.05) is 41.7 Å². The van der Waals surface area contributed by atoms with Gasteiger partial charge in [-0.05, 0) is 12.8 Å². The van der Waals surface area contributed by atoms with Gasteiger partial charge in [0.15, 0.2) is 0 Å². The van der Waals surface area contributed by atoms with Gasteiger partial charge < -0.3 is 5.11 Å². The van der Waals surface area contributed by atoms with Crippen molar-refractivity contribution in [2.24, 2.45) is 5.92 Å². The first kappa shape index (κ1) is 14.4. The molecule has 0 heterocycles. The maximum absolute atomic E-state index is 10.4. The summed E-state index contributed by atoms with van der Waals surface area (Å²) in [5.74, 6) is -0.754. The molecular formula is C8H16CeO2. The average molecular weight is 284 g/mol. The zero-order valence-corrected chi connectivity index (χ0v) is 10.4. The first-order valence-corrected chi connectivity index (χ1v) is 3.95. The molecule has 1 N–H and O–H groups in total. The van der Waals surface area contributed by atoms with Crippen LogP contribution in [0.2, 0.25) is 0 Å². The van der Waals surface area contributed by atoms with Crippen LogP contribution in [0.1, 0.15) is 39.5 Å². The predicted octanol–water partition coefficient (Wildman–Crippen LogP) is 2.29. The molecule has 0 fully saturated rings. The number of aliphatic carboxylic acids is 1. The summed E-state index contributed by atoms with van der Waals surface area (Å²) < 4.78 is 0. The minimum Gasteiger partial charge on any atom is -0.481 e. The summed E-state index contributed by atoms with van der Waals surface area (Å²) in [6, 6.07) is 0. The number of carboxylic acid groups (broad SMARTS) is 1. The van der Waals surface area contributed by atoms with E-state index in [1.54, 1.807) is 0 Å². The van der Waals surface area contributed by atoms with Crippen LogP contribution < -0.4 is 0 Å². The van der Waals surface area contributed by atoms with E-state index >= 15 is 0 Å². The molecule has 0 aromatic heterocycles. The fourth-order valence-electron chi connectivity index (χ4n) is 0.953. The fourth-order valence-corrected chi connectivity index (χ4v) is 0.953. The van der Waals surface area contributed by atoms with Crippen LogP contribution >= 0.6 is 0 Å². The molecule has 0 spiro atoms. The van der Waals surface area contributed by atoms with E-state index in [1.165, 1.54) is 0 Å². The Morgan fingerprint density at radius 3 is 2.27 bits per heavy atom. The average Bonchev–Trinajstić information content (AvgIpc) is 1.89. The molecule has 0 saturated carbocycles. The van der Waals surface area contributed by atoms with E-state index in [9.17, 15) is 4.79 Å². The van der Waals surface area contributed by atoms with Crippen LogP contribution in [0, 0.1) is 47.7 Å². The van der Waals surface area contributed by atoms with Gasteiger partial charge in [-0.1, -0.05) is 26.7 Å². The molecule has 0 amide bonds. The molecule has 0 bridgehead atoms. The van der Waals surface area contributed by atoms with E-state index in [0.29, 0.717) is 0 Å². The summed E-state index contributed by atoms with van der Waals surface area (Å²) in [4.78, 5) is 10.4. The third-order valence-electron chi connectivity index (χ3n) is 1.75. The normalized spacial score (nSPS) is 11.8. The molecule has 3 heteroatoms. The molecule has 0 saturated heterocycles. The van der Waals surface area contributed by atoms with E-state index < -0.39 is 5.97 Å². The molecular weight excluding hydrogens is 268 g/mol. The molecule has 11 heavy (non-hydrogen) atoms. The van der Waals surface area contributed by atoms with Gasteiger partial charge in [-0.3, -0.25) is 4.79 Å². The molecule has 0 rings (SSSR count). The summed E-state index contributed by atoms with van der Waals surface area (Å²) in [6.07, 6.45) is 3.71.